The first kappa shape index (κ1) is 6.80. The molecule has 10 heavy (non-hydrogen) atoms. The van der Waals surface area contributed by atoms with Crippen molar-refractivity contribution in [3.05, 3.63) is 11.9 Å². The molecule has 0 aliphatic rings. The molecule has 0 aliphatic carbocycles. The van der Waals surface area contributed by atoms with Crippen molar-refractivity contribution in [2.45, 2.75) is 13.8 Å². The molecule has 0 amide bonds. The van der Waals surface area contributed by atoms with E-state index in [4.69, 9.17) is 5.73 Å². The van der Waals surface area contributed by atoms with Crippen molar-refractivity contribution >= 4 is 11.9 Å². The SMILES string of the molecule is CC=Nn1cc(N)c(C)n1. The zero-order valence-corrected chi connectivity index (χ0v) is 6.07. The maximum Gasteiger partial charge on any atom is 0.0844 e. The summed E-state index contributed by atoms with van der Waals surface area (Å²) in [5.41, 5.74) is 7.00. The summed E-state index contributed by atoms with van der Waals surface area (Å²) in [5, 5.41) is 7.88. The Bertz CT molecular complexity index is 229. The molecule has 0 saturated carbocycles. The van der Waals surface area contributed by atoms with E-state index in [1.165, 1.54) is 4.79 Å². The number of anilines is 1. The van der Waals surface area contributed by atoms with Crippen LogP contribution in [0, 0.1) is 6.92 Å². The quantitative estimate of drug-likeness (QED) is 0.578. The highest BCUT2D eigenvalue weighted by Gasteiger charge is 1.96. The summed E-state index contributed by atoms with van der Waals surface area (Å²) in [5.74, 6) is 0. The van der Waals surface area contributed by atoms with E-state index in [-0.39, 0.29) is 0 Å². The summed E-state index contributed by atoms with van der Waals surface area (Å²) in [6, 6.07) is 0. The van der Waals surface area contributed by atoms with E-state index in [0.29, 0.717) is 5.69 Å². The van der Waals surface area contributed by atoms with E-state index in [2.05, 4.69) is 10.2 Å². The predicted octanol–water partition coefficient (Wildman–Crippen LogP) is 0.628. The van der Waals surface area contributed by atoms with E-state index in [0.717, 1.165) is 5.69 Å². The van der Waals surface area contributed by atoms with Crippen LogP contribution in [0.1, 0.15) is 12.6 Å². The number of hydrogen-bond donors (Lipinski definition) is 1. The zero-order valence-electron chi connectivity index (χ0n) is 6.07. The van der Waals surface area contributed by atoms with Gasteiger partial charge in [0, 0.05) is 6.21 Å². The molecule has 0 aliphatic heterocycles. The van der Waals surface area contributed by atoms with E-state index >= 15 is 0 Å². The summed E-state index contributed by atoms with van der Waals surface area (Å²) in [4.78, 5) is 1.45. The average Bonchev–Trinajstić information content (AvgIpc) is 2.14. The van der Waals surface area contributed by atoms with Gasteiger partial charge in [-0.25, -0.2) is 0 Å². The van der Waals surface area contributed by atoms with E-state index in [9.17, 15) is 0 Å². The van der Waals surface area contributed by atoms with Gasteiger partial charge in [0.25, 0.3) is 0 Å². The molecule has 0 unspecified atom stereocenters. The third-order valence-electron chi connectivity index (χ3n) is 1.16. The van der Waals surface area contributed by atoms with Gasteiger partial charge in [-0.3, -0.25) is 0 Å². The molecule has 1 aromatic rings. The van der Waals surface area contributed by atoms with Gasteiger partial charge in [0.05, 0.1) is 17.6 Å². The van der Waals surface area contributed by atoms with Crippen LogP contribution in [0.5, 0.6) is 0 Å². The minimum Gasteiger partial charge on any atom is -0.396 e. The molecule has 0 atom stereocenters. The van der Waals surface area contributed by atoms with Crippen molar-refractivity contribution in [2.24, 2.45) is 5.10 Å². The number of nitrogens with two attached hydrogens (primary N) is 1. The van der Waals surface area contributed by atoms with Crippen LogP contribution in [0.2, 0.25) is 0 Å². The minimum absolute atomic E-state index is 0.672. The third kappa shape index (κ3) is 1.15. The lowest BCUT2D eigenvalue weighted by molar-refractivity contribution is 0.734. The largest absolute Gasteiger partial charge is 0.396 e. The molecule has 1 aromatic heterocycles. The fraction of sp³-hybridized carbons (Fsp3) is 0.333. The maximum atomic E-state index is 5.51. The Labute approximate surface area is 59.3 Å². The Kier molecular flexibility index (Phi) is 1.71. The first-order valence-corrected chi connectivity index (χ1v) is 3.04. The van der Waals surface area contributed by atoms with Gasteiger partial charge in [0.2, 0.25) is 0 Å². The summed E-state index contributed by atoms with van der Waals surface area (Å²) in [7, 11) is 0. The van der Waals surface area contributed by atoms with Crippen molar-refractivity contribution < 1.29 is 0 Å². The molecule has 54 valence electrons. The third-order valence-corrected chi connectivity index (χ3v) is 1.16. The second-order valence-electron chi connectivity index (χ2n) is 1.96. The Hall–Kier alpha value is -1.32. The number of nitrogens with zero attached hydrogens (tertiary/aromatic N) is 3. The van der Waals surface area contributed by atoms with Crippen LogP contribution in [0.3, 0.4) is 0 Å². The second-order valence-corrected chi connectivity index (χ2v) is 1.96. The Morgan fingerprint density at radius 1 is 1.80 bits per heavy atom. The fourth-order valence-electron chi connectivity index (χ4n) is 0.636. The number of rotatable bonds is 1. The normalized spacial score (nSPS) is 11.0. The molecule has 0 saturated heterocycles. The first-order chi connectivity index (χ1) is 4.74. The molecule has 4 heteroatoms. The first-order valence-electron chi connectivity index (χ1n) is 3.04. The molecule has 0 radical (unpaired) electrons. The van der Waals surface area contributed by atoms with E-state index < -0.39 is 0 Å². The fourth-order valence-corrected chi connectivity index (χ4v) is 0.636. The average molecular weight is 138 g/mol. The lowest BCUT2D eigenvalue weighted by atomic mass is 10.4. The highest BCUT2D eigenvalue weighted by molar-refractivity contribution is 5.53. The van der Waals surface area contributed by atoms with Crippen LogP contribution in [0.25, 0.3) is 0 Å². The van der Waals surface area contributed by atoms with Gasteiger partial charge in [-0.05, 0) is 13.8 Å². The molecule has 0 spiro atoms. The van der Waals surface area contributed by atoms with Crippen LogP contribution < -0.4 is 5.73 Å². The molecule has 1 rings (SSSR count). The Morgan fingerprint density at radius 3 is 2.90 bits per heavy atom. The monoisotopic (exact) mass is 138 g/mol. The van der Waals surface area contributed by atoms with E-state index in [1.807, 2.05) is 13.8 Å². The molecule has 1 heterocycles. The van der Waals surface area contributed by atoms with Crippen LogP contribution >= 0.6 is 0 Å². The predicted molar refractivity (Wildman–Crippen MR) is 40.9 cm³/mol. The molecule has 0 bridgehead atoms. The van der Waals surface area contributed by atoms with Gasteiger partial charge in [0.1, 0.15) is 0 Å². The van der Waals surface area contributed by atoms with Crippen LogP contribution in [0.15, 0.2) is 11.3 Å². The van der Waals surface area contributed by atoms with Crippen LogP contribution in [0.4, 0.5) is 5.69 Å². The van der Waals surface area contributed by atoms with Crippen molar-refractivity contribution in [3.8, 4) is 0 Å². The maximum absolute atomic E-state index is 5.51. The summed E-state index contributed by atoms with van der Waals surface area (Å²) >= 11 is 0. The van der Waals surface area contributed by atoms with Crippen LogP contribution in [-0.2, 0) is 0 Å². The minimum atomic E-state index is 0.672. The number of hydrogen-bond acceptors (Lipinski definition) is 3. The number of aryl methyl sites for hydroxylation is 1. The highest BCUT2D eigenvalue weighted by Crippen LogP contribution is 2.05. The van der Waals surface area contributed by atoms with Crippen molar-refractivity contribution in [2.75, 3.05) is 5.73 Å². The van der Waals surface area contributed by atoms with Gasteiger partial charge < -0.3 is 5.73 Å². The molecular formula is C6H10N4. The second kappa shape index (κ2) is 2.51. The summed E-state index contributed by atoms with van der Waals surface area (Å²) in [6.45, 7) is 3.67. The van der Waals surface area contributed by atoms with Crippen molar-refractivity contribution in [3.63, 3.8) is 0 Å². The van der Waals surface area contributed by atoms with Gasteiger partial charge in [-0.15, -0.1) is 0 Å². The standard InChI is InChI=1S/C6H10N4/c1-3-8-10-4-6(7)5(2)9-10/h3-4H,7H2,1-2H3. The van der Waals surface area contributed by atoms with E-state index in [1.54, 1.807) is 12.4 Å². The van der Waals surface area contributed by atoms with Crippen molar-refractivity contribution in [1.29, 1.82) is 0 Å². The van der Waals surface area contributed by atoms with Gasteiger partial charge in [0.15, 0.2) is 0 Å². The lowest BCUT2D eigenvalue weighted by Crippen LogP contribution is -1.87. The zero-order chi connectivity index (χ0) is 7.56. The molecular weight excluding hydrogens is 128 g/mol. The Balaban J connectivity index is 2.98. The smallest absolute Gasteiger partial charge is 0.0844 e. The topological polar surface area (TPSA) is 56.2 Å². The molecule has 0 aromatic carbocycles. The highest BCUT2D eigenvalue weighted by atomic mass is 15.5. The van der Waals surface area contributed by atoms with Gasteiger partial charge in [-0.1, -0.05) is 0 Å². The lowest BCUT2D eigenvalue weighted by Gasteiger charge is -1.84. The number of aromatic nitrogens is 2. The summed E-state index contributed by atoms with van der Waals surface area (Å²) < 4.78 is 0. The van der Waals surface area contributed by atoms with Gasteiger partial charge >= 0.3 is 0 Å². The Morgan fingerprint density at radius 2 is 2.50 bits per heavy atom. The van der Waals surface area contributed by atoms with Gasteiger partial charge in [-0.2, -0.15) is 15.0 Å². The van der Waals surface area contributed by atoms with Crippen LogP contribution in [-0.4, -0.2) is 16.1 Å². The van der Waals surface area contributed by atoms with Crippen molar-refractivity contribution in [1.82, 2.24) is 9.89 Å². The molecule has 4 nitrogen and oxygen atoms in total. The molecule has 2 N–H and O–H groups in total. The number of nitrogen functional groups attached to an aromatic ring is 1. The summed E-state index contributed by atoms with van der Waals surface area (Å²) in [6.07, 6.45) is 3.33. The molecule has 0 fully saturated rings.